The lowest BCUT2D eigenvalue weighted by Crippen LogP contribution is -2.35. The number of benzene rings is 2. The minimum atomic E-state index is -0.0372. The second-order valence-corrected chi connectivity index (χ2v) is 8.28. The van der Waals surface area contributed by atoms with Gasteiger partial charge >= 0.3 is 0 Å². The fraction of sp³-hybridized carbons (Fsp3) is 0.458. The molecule has 0 bridgehead atoms. The molecule has 0 spiro atoms. The number of carbonyl (C=O) groups is 1. The van der Waals surface area contributed by atoms with Crippen LogP contribution in [0.3, 0.4) is 0 Å². The van der Waals surface area contributed by atoms with E-state index in [1.54, 1.807) is 0 Å². The van der Waals surface area contributed by atoms with Crippen LogP contribution in [0.25, 0.3) is 0 Å². The van der Waals surface area contributed by atoms with Crippen molar-refractivity contribution in [1.29, 1.82) is 0 Å². The van der Waals surface area contributed by atoms with Crippen molar-refractivity contribution in [3.8, 4) is 0 Å². The molecule has 1 saturated heterocycles. The Labute approximate surface area is 162 Å². The van der Waals surface area contributed by atoms with Crippen LogP contribution in [0.1, 0.15) is 66.4 Å². The molecule has 27 heavy (non-hydrogen) atoms. The number of hydrogen-bond donors (Lipinski definition) is 1. The normalized spacial score (nSPS) is 25.6. The second kappa shape index (κ2) is 7.85. The monoisotopic (exact) mass is 362 g/mol. The molecule has 4 rings (SSSR count). The Morgan fingerprint density at radius 2 is 1.81 bits per heavy atom. The first-order valence-electron chi connectivity index (χ1n) is 10.3. The van der Waals surface area contributed by atoms with Crippen molar-refractivity contribution in [1.82, 2.24) is 4.90 Å². The van der Waals surface area contributed by atoms with Gasteiger partial charge in [0, 0.05) is 23.3 Å². The average Bonchev–Trinajstić information content (AvgIpc) is 3.31. The fourth-order valence-corrected chi connectivity index (χ4v) is 4.92. The van der Waals surface area contributed by atoms with E-state index in [-0.39, 0.29) is 5.91 Å². The van der Waals surface area contributed by atoms with Crippen LogP contribution in [0.5, 0.6) is 0 Å². The summed E-state index contributed by atoms with van der Waals surface area (Å²) in [6, 6.07) is 17.7. The van der Waals surface area contributed by atoms with Crippen LogP contribution >= 0.6 is 0 Å². The van der Waals surface area contributed by atoms with Gasteiger partial charge in [-0.25, -0.2) is 0 Å². The van der Waals surface area contributed by atoms with Crippen LogP contribution in [0, 0.1) is 6.92 Å². The van der Waals surface area contributed by atoms with E-state index >= 15 is 0 Å². The highest BCUT2D eigenvalue weighted by molar-refractivity contribution is 6.05. The van der Waals surface area contributed by atoms with Gasteiger partial charge in [0.15, 0.2) is 0 Å². The van der Waals surface area contributed by atoms with Gasteiger partial charge in [0.25, 0.3) is 5.91 Å². The Morgan fingerprint density at radius 1 is 1.04 bits per heavy atom. The highest BCUT2D eigenvalue weighted by Gasteiger charge is 2.34. The van der Waals surface area contributed by atoms with E-state index in [2.05, 4.69) is 41.4 Å². The van der Waals surface area contributed by atoms with Gasteiger partial charge in [-0.2, -0.15) is 0 Å². The van der Waals surface area contributed by atoms with E-state index in [0.717, 1.165) is 28.9 Å². The number of nitrogens with one attached hydrogen (secondary N) is 1. The van der Waals surface area contributed by atoms with Crippen LogP contribution in [0.15, 0.2) is 48.5 Å². The summed E-state index contributed by atoms with van der Waals surface area (Å²) < 4.78 is 0. The zero-order chi connectivity index (χ0) is 18.8. The molecule has 2 aromatic rings. The number of nitrogens with zero attached hydrogens (tertiary/aromatic N) is 1. The Kier molecular flexibility index (Phi) is 5.31. The highest BCUT2D eigenvalue weighted by atomic mass is 16.1. The third kappa shape index (κ3) is 3.93. The average molecular weight is 363 g/mol. The van der Waals surface area contributed by atoms with Gasteiger partial charge in [0.05, 0.1) is 0 Å². The topological polar surface area (TPSA) is 32.3 Å². The van der Waals surface area contributed by atoms with E-state index < -0.39 is 0 Å². The van der Waals surface area contributed by atoms with Gasteiger partial charge in [0.2, 0.25) is 0 Å². The molecule has 3 atom stereocenters. The van der Waals surface area contributed by atoms with E-state index in [0.29, 0.717) is 5.92 Å². The Balaban J connectivity index is 1.38. The quantitative estimate of drug-likeness (QED) is 0.793. The Morgan fingerprint density at radius 3 is 2.52 bits per heavy atom. The predicted molar refractivity (Wildman–Crippen MR) is 111 cm³/mol. The molecule has 2 fully saturated rings. The molecule has 0 radical (unpaired) electrons. The maximum Gasteiger partial charge on any atom is 0.255 e. The molecule has 1 N–H and O–H groups in total. The van der Waals surface area contributed by atoms with Crippen molar-refractivity contribution in [2.45, 2.75) is 64.0 Å². The fourth-order valence-electron chi connectivity index (χ4n) is 4.92. The van der Waals surface area contributed by atoms with Crippen LogP contribution in [-0.4, -0.2) is 29.4 Å². The molecule has 142 valence electrons. The summed E-state index contributed by atoms with van der Waals surface area (Å²) in [7, 11) is 0. The van der Waals surface area contributed by atoms with Gasteiger partial charge in [-0.15, -0.1) is 0 Å². The molecule has 1 aliphatic heterocycles. The third-order valence-electron chi connectivity index (χ3n) is 6.51. The highest BCUT2D eigenvalue weighted by Crippen LogP contribution is 2.39. The van der Waals surface area contributed by atoms with Crippen molar-refractivity contribution >= 4 is 11.6 Å². The maximum atomic E-state index is 12.5. The van der Waals surface area contributed by atoms with E-state index in [4.69, 9.17) is 0 Å². The van der Waals surface area contributed by atoms with Crippen molar-refractivity contribution < 1.29 is 4.79 Å². The molecule has 0 unspecified atom stereocenters. The molecule has 2 aromatic carbocycles. The van der Waals surface area contributed by atoms with Crippen LogP contribution in [-0.2, 0) is 0 Å². The molecular formula is C24H30N2O. The minimum Gasteiger partial charge on any atom is -0.322 e. The van der Waals surface area contributed by atoms with Crippen LogP contribution < -0.4 is 5.32 Å². The molecule has 1 amide bonds. The van der Waals surface area contributed by atoms with Crippen molar-refractivity contribution in [3.63, 3.8) is 0 Å². The summed E-state index contributed by atoms with van der Waals surface area (Å²) in [6.07, 6.45) is 6.59. The van der Waals surface area contributed by atoms with Gasteiger partial charge in [-0.3, -0.25) is 9.69 Å². The Hall–Kier alpha value is -2.13. The van der Waals surface area contributed by atoms with Gasteiger partial charge < -0.3 is 5.32 Å². The number of likely N-dealkylation sites (tertiary alicyclic amines) is 1. The van der Waals surface area contributed by atoms with E-state index in [1.807, 2.05) is 31.2 Å². The number of anilines is 1. The molecule has 1 heterocycles. The molecule has 3 nitrogen and oxygen atoms in total. The number of rotatable bonds is 4. The van der Waals surface area contributed by atoms with Crippen molar-refractivity contribution in [3.05, 3.63) is 65.2 Å². The molecule has 2 aliphatic rings. The van der Waals surface area contributed by atoms with Crippen molar-refractivity contribution in [2.75, 3.05) is 11.9 Å². The lowest BCUT2D eigenvalue weighted by Gasteiger charge is -2.28. The molecular weight excluding hydrogens is 332 g/mol. The summed E-state index contributed by atoms with van der Waals surface area (Å²) in [5.74, 6) is 0.619. The van der Waals surface area contributed by atoms with E-state index in [1.165, 1.54) is 44.2 Å². The van der Waals surface area contributed by atoms with E-state index in [9.17, 15) is 4.79 Å². The predicted octanol–water partition coefficient (Wildman–Crippen LogP) is 5.37. The standard InChI is InChI=1S/C24H30N2O/c1-17-6-3-4-8-23(17)24(27)25-21-12-9-19(10-13-21)20-11-14-22(16-20)26-15-5-7-18(26)2/h3-4,6,8-10,12-13,18,20,22H,5,7,11,14-16H2,1-2H3,(H,25,27)/t18-,20-,22-/m0/s1. The largest absolute Gasteiger partial charge is 0.322 e. The smallest absolute Gasteiger partial charge is 0.255 e. The zero-order valence-corrected chi connectivity index (χ0v) is 16.4. The maximum absolute atomic E-state index is 12.5. The summed E-state index contributed by atoms with van der Waals surface area (Å²) >= 11 is 0. The third-order valence-corrected chi connectivity index (χ3v) is 6.51. The van der Waals surface area contributed by atoms with Gasteiger partial charge in [-0.05, 0) is 87.7 Å². The van der Waals surface area contributed by atoms with Gasteiger partial charge in [-0.1, -0.05) is 30.3 Å². The number of aryl methyl sites for hydroxylation is 1. The summed E-state index contributed by atoms with van der Waals surface area (Å²) in [5, 5.41) is 3.03. The lowest BCUT2D eigenvalue weighted by atomic mass is 9.97. The first-order chi connectivity index (χ1) is 13.1. The van der Waals surface area contributed by atoms with Crippen LogP contribution in [0.4, 0.5) is 5.69 Å². The van der Waals surface area contributed by atoms with Gasteiger partial charge in [0.1, 0.15) is 0 Å². The molecule has 1 aliphatic carbocycles. The Bertz CT molecular complexity index is 798. The summed E-state index contributed by atoms with van der Waals surface area (Å²) in [6.45, 7) is 5.63. The van der Waals surface area contributed by atoms with Crippen LogP contribution in [0.2, 0.25) is 0 Å². The van der Waals surface area contributed by atoms with Crippen molar-refractivity contribution in [2.24, 2.45) is 0 Å². The SMILES string of the molecule is Cc1ccccc1C(=O)Nc1ccc([C@H]2CC[C@H](N3CCC[C@@H]3C)C2)cc1. The zero-order valence-electron chi connectivity index (χ0n) is 16.4. The molecule has 3 heteroatoms. The number of hydrogen-bond acceptors (Lipinski definition) is 2. The lowest BCUT2D eigenvalue weighted by molar-refractivity contribution is 0.102. The number of carbonyl (C=O) groups excluding carboxylic acids is 1. The minimum absolute atomic E-state index is 0.0372. The number of amides is 1. The first-order valence-corrected chi connectivity index (χ1v) is 10.3. The second-order valence-electron chi connectivity index (χ2n) is 8.28. The molecule has 1 saturated carbocycles. The first kappa shape index (κ1) is 18.2. The summed E-state index contributed by atoms with van der Waals surface area (Å²) in [5.41, 5.74) is 4.02. The summed E-state index contributed by atoms with van der Waals surface area (Å²) in [4.78, 5) is 15.2. The molecule has 0 aromatic heterocycles.